The Hall–Kier alpha value is -1.87. The lowest BCUT2D eigenvalue weighted by Crippen LogP contribution is -2.33. The van der Waals surface area contributed by atoms with Gasteiger partial charge in [-0.2, -0.15) is 0 Å². The Labute approximate surface area is 137 Å². The molecule has 2 aliphatic rings. The standard InChI is InChI=1S/C20H24N2O/c21-19(14-7-2-1-3-8-14)17-13-15-9-6-12-18(15)22(20(17)23)16-10-4-5-11-16/h1-3,7-8,13,16,19H,4-6,9-12,21H2. The van der Waals surface area contributed by atoms with Gasteiger partial charge < -0.3 is 10.3 Å². The van der Waals surface area contributed by atoms with Crippen LogP contribution in [0.15, 0.2) is 41.2 Å². The van der Waals surface area contributed by atoms with Crippen LogP contribution in [0.5, 0.6) is 0 Å². The Kier molecular flexibility index (Phi) is 3.82. The third-order valence-corrected chi connectivity index (χ3v) is 5.50. The van der Waals surface area contributed by atoms with Crippen LogP contribution >= 0.6 is 0 Å². The maximum absolute atomic E-state index is 13.2. The highest BCUT2D eigenvalue weighted by atomic mass is 16.1. The maximum atomic E-state index is 13.2. The molecule has 2 N–H and O–H groups in total. The number of nitrogens with two attached hydrogens (primary N) is 1. The minimum Gasteiger partial charge on any atom is -0.320 e. The number of aryl methyl sites for hydroxylation is 1. The Bertz CT molecular complexity index is 757. The molecule has 1 heterocycles. The van der Waals surface area contributed by atoms with Crippen LogP contribution < -0.4 is 11.3 Å². The van der Waals surface area contributed by atoms with E-state index in [0.717, 1.165) is 43.2 Å². The molecule has 0 saturated heterocycles. The van der Waals surface area contributed by atoms with Crippen molar-refractivity contribution in [3.05, 3.63) is 69.1 Å². The van der Waals surface area contributed by atoms with Gasteiger partial charge in [-0.1, -0.05) is 43.2 Å². The quantitative estimate of drug-likeness (QED) is 0.943. The van der Waals surface area contributed by atoms with Crippen molar-refractivity contribution in [1.82, 2.24) is 4.57 Å². The minimum absolute atomic E-state index is 0.147. The first-order valence-corrected chi connectivity index (χ1v) is 8.83. The SMILES string of the molecule is NC(c1ccccc1)c1cc2c(n(C3CCCC3)c1=O)CCC2. The van der Waals surface area contributed by atoms with Crippen molar-refractivity contribution in [2.75, 3.05) is 0 Å². The van der Waals surface area contributed by atoms with E-state index in [9.17, 15) is 4.79 Å². The molecule has 3 nitrogen and oxygen atoms in total. The van der Waals surface area contributed by atoms with Crippen molar-refractivity contribution in [2.45, 2.75) is 57.0 Å². The summed E-state index contributed by atoms with van der Waals surface area (Å²) in [5, 5.41) is 0. The van der Waals surface area contributed by atoms with Crippen LogP contribution in [0.25, 0.3) is 0 Å². The fourth-order valence-corrected chi connectivity index (χ4v) is 4.30. The highest BCUT2D eigenvalue weighted by Crippen LogP contribution is 2.33. The van der Waals surface area contributed by atoms with E-state index < -0.39 is 0 Å². The summed E-state index contributed by atoms with van der Waals surface area (Å²) in [6, 6.07) is 12.1. The zero-order valence-corrected chi connectivity index (χ0v) is 13.5. The fourth-order valence-electron chi connectivity index (χ4n) is 4.30. The van der Waals surface area contributed by atoms with Gasteiger partial charge in [0.15, 0.2) is 0 Å². The molecular weight excluding hydrogens is 284 g/mol. The Balaban J connectivity index is 1.85. The van der Waals surface area contributed by atoms with E-state index >= 15 is 0 Å². The zero-order valence-electron chi connectivity index (χ0n) is 13.5. The highest BCUT2D eigenvalue weighted by molar-refractivity contribution is 5.37. The number of benzene rings is 1. The summed E-state index contributed by atoms with van der Waals surface area (Å²) in [6.45, 7) is 0. The zero-order chi connectivity index (χ0) is 15.8. The molecule has 120 valence electrons. The number of hydrogen-bond acceptors (Lipinski definition) is 2. The molecule has 1 saturated carbocycles. The second-order valence-corrected chi connectivity index (χ2v) is 6.93. The van der Waals surface area contributed by atoms with Crippen molar-refractivity contribution in [1.29, 1.82) is 0 Å². The Morgan fingerprint density at radius 3 is 2.52 bits per heavy atom. The van der Waals surface area contributed by atoms with Crippen molar-refractivity contribution in [3.8, 4) is 0 Å². The molecule has 0 radical (unpaired) electrons. The third kappa shape index (κ3) is 2.53. The number of rotatable bonds is 3. The molecule has 23 heavy (non-hydrogen) atoms. The van der Waals surface area contributed by atoms with Crippen molar-refractivity contribution >= 4 is 0 Å². The number of pyridine rings is 1. The van der Waals surface area contributed by atoms with Crippen LogP contribution in [0.4, 0.5) is 0 Å². The summed E-state index contributed by atoms with van der Waals surface area (Å²) in [5.41, 5.74) is 11.0. The molecule has 0 spiro atoms. The Morgan fingerprint density at radius 2 is 1.78 bits per heavy atom. The van der Waals surface area contributed by atoms with Gasteiger partial charge in [-0.3, -0.25) is 4.79 Å². The summed E-state index contributed by atoms with van der Waals surface area (Å²) >= 11 is 0. The van der Waals surface area contributed by atoms with Gasteiger partial charge in [0.2, 0.25) is 0 Å². The first kappa shape index (κ1) is 14.7. The molecule has 1 fully saturated rings. The second-order valence-electron chi connectivity index (χ2n) is 6.93. The average molecular weight is 308 g/mol. The first-order valence-electron chi connectivity index (χ1n) is 8.83. The monoisotopic (exact) mass is 308 g/mol. The van der Waals surface area contributed by atoms with E-state index in [-0.39, 0.29) is 11.6 Å². The molecule has 1 aromatic heterocycles. The molecule has 1 unspecified atom stereocenters. The van der Waals surface area contributed by atoms with Gasteiger partial charge in [-0.05, 0) is 49.3 Å². The van der Waals surface area contributed by atoms with Crippen LogP contribution in [0.2, 0.25) is 0 Å². The lowest BCUT2D eigenvalue weighted by atomic mass is 9.98. The van der Waals surface area contributed by atoms with Gasteiger partial charge >= 0.3 is 0 Å². The van der Waals surface area contributed by atoms with Crippen LogP contribution in [0, 0.1) is 0 Å². The van der Waals surface area contributed by atoms with Crippen LogP contribution in [0.1, 0.15) is 66.6 Å². The molecule has 3 heteroatoms. The smallest absolute Gasteiger partial charge is 0.256 e. The Morgan fingerprint density at radius 1 is 1.04 bits per heavy atom. The molecular formula is C20H24N2O. The minimum atomic E-state index is -0.331. The number of fused-ring (bicyclic) bond motifs is 1. The summed E-state index contributed by atoms with van der Waals surface area (Å²) in [4.78, 5) is 13.2. The highest BCUT2D eigenvalue weighted by Gasteiger charge is 2.27. The maximum Gasteiger partial charge on any atom is 0.256 e. The van der Waals surface area contributed by atoms with Crippen molar-refractivity contribution in [2.24, 2.45) is 5.73 Å². The van der Waals surface area contributed by atoms with E-state index in [2.05, 4.69) is 10.6 Å². The lowest BCUT2D eigenvalue weighted by Gasteiger charge is -2.22. The molecule has 0 bridgehead atoms. The van der Waals surface area contributed by atoms with E-state index in [1.807, 2.05) is 30.3 Å². The van der Waals surface area contributed by atoms with Crippen LogP contribution in [0.3, 0.4) is 0 Å². The molecule has 0 aliphatic heterocycles. The average Bonchev–Trinajstić information content (AvgIpc) is 3.26. The molecule has 2 aromatic rings. The predicted molar refractivity (Wildman–Crippen MR) is 92.7 cm³/mol. The topological polar surface area (TPSA) is 48.0 Å². The van der Waals surface area contributed by atoms with Gasteiger partial charge in [0.25, 0.3) is 5.56 Å². The third-order valence-electron chi connectivity index (χ3n) is 5.50. The molecule has 1 aromatic carbocycles. The van der Waals surface area contributed by atoms with Gasteiger partial charge in [0, 0.05) is 17.3 Å². The van der Waals surface area contributed by atoms with Gasteiger partial charge in [-0.25, -0.2) is 0 Å². The van der Waals surface area contributed by atoms with Crippen molar-refractivity contribution in [3.63, 3.8) is 0 Å². The first-order chi connectivity index (χ1) is 11.3. The van der Waals surface area contributed by atoms with Gasteiger partial charge in [0.1, 0.15) is 0 Å². The van der Waals surface area contributed by atoms with Gasteiger partial charge in [0.05, 0.1) is 6.04 Å². The number of nitrogens with zero attached hydrogens (tertiary/aromatic N) is 1. The normalized spacial score (nSPS) is 19.0. The molecule has 2 aliphatic carbocycles. The fraction of sp³-hybridized carbons (Fsp3) is 0.450. The largest absolute Gasteiger partial charge is 0.320 e. The second kappa shape index (κ2) is 5.97. The molecule has 0 amide bonds. The lowest BCUT2D eigenvalue weighted by molar-refractivity contribution is 0.481. The molecule has 1 atom stereocenters. The van der Waals surface area contributed by atoms with Crippen molar-refractivity contribution < 1.29 is 0 Å². The van der Waals surface area contributed by atoms with E-state index in [1.165, 1.54) is 24.1 Å². The van der Waals surface area contributed by atoms with E-state index in [4.69, 9.17) is 5.73 Å². The number of aromatic nitrogens is 1. The summed E-state index contributed by atoms with van der Waals surface area (Å²) in [7, 11) is 0. The van der Waals surface area contributed by atoms with E-state index in [1.54, 1.807) is 0 Å². The number of hydrogen-bond donors (Lipinski definition) is 1. The van der Waals surface area contributed by atoms with Crippen LogP contribution in [-0.2, 0) is 12.8 Å². The summed E-state index contributed by atoms with van der Waals surface area (Å²) in [6.07, 6.45) is 8.03. The van der Waals surface area contributed by atoms with E-state index in [0.29, 0.717) is 6.04 Å². The predicted octanol–water partition coefficient (Wildman–Crippen LogP) is 3.50. The molecule has 4 rings (SSSR count). The van der Waals surface area contributed by atoms with Gasteiger partial charge in [-0.15, -0.1) is 0 Å². The van der Waals surface area contributed by atoms with Crippen LogP contribution in [-0.4, -0.2) is 4.57 Å². The summed E-state index contributed by atoms with van der Waals surface area (Å²) in [5.74, 6) is 0. The summed E-state index contributed by atoms with van der Waals surface area (Å²) < 4.78 is 2.12.